The molecule has 0 bridgehead atoms. The molecular weight excluding hydrogens is 338 g/mol. The van der Waals surface area contributed by atoms with Gasteiger partial charge in [-0.25, -0.2) is 14.5 Å². The molecule has 3 aromatic rings. The van der Waals surface area contributed by atoms with Crippen molar-refractivity contribution in [1.29, 1.82) is 0 Å². The third-order valence-corrected chi connectivity index (χ3v) is 5.69. The number of nitrogens with zero attached hydrogens (tertiary/aromatic N) is 4. The maximum atomic E-state index is 4.78. The number of hydrogen-bond donors (Lipinski definition) is 1. The van der Waals surface area contributed by atoms with Crippen LogP contribution in [0.15, 0.2) is 11.6 Å². The lowest BCUT2D eigenvalue weighted by atomic mass is 9.93. The first-order chi connectivity index (χ1) is 11.0. The fourth-order valence-corrected chi connectivity index (χ4v) is 4.12. The van der Waals surface area contributed by atoms with Crippen molar-refractivity contribution in [2.24, 2.45) is 0 Å². The maximum absolute atomic E-state index is 4.78. The molecule has 0 aliphatic carbocycles. The second-order valence-electron chi connectivity index (χ2n) is 8.20. The van der Waals surface area contributed by atoms with Crippen molar-refractivity contribution in [1.82, 2.24) is 19.6 Å². The Morgan fingerprint density at radius 1 is 1.04 bits per heavy atom. The van der Waals surface area contributed by atoms with E-state index in [1.165, 1.54) is 0 Å². The Balaban J connectivity index is 1.77. The van der Waals surface area contributed by atoms with Crippen molar-refractivity contribution in [3.63, 3.8) is 0 Å². The van der Waals surface area contributed by atoms with E-state index in [1.54, 1.807) is 22.7 Å². The quantitative estimate of drug-likeness (QED) is 0.710. The Hall–Kier alpha value is -1.47. The highest BCUT2D eigenvalue weighted by Gasteiger charge is 2.22. The van der Waals surface area contributed by atoms with E-state index >= 15 is 0 Å². The van der Waals surface area contributed by atoms with Gasteiger partial charge in [-0.15, -0.1) is 16.4 Å². The monoisotopic (exact) mass is 363 g/mol. The molecule has 1 atom stereocenters. The van der Waals surface area contributed by atoms with Crippen molar-refractivity contribution >= 4 is 32.8 Å². The number of imidazole rings is 1. The van der Waals surface area contributed by atoms with Crippen LogP contribution in [-0.4, -0.2) is 19.6 Å². The lowest BCUT2D eigenvalue weighted by molar-refractivity contribution is 0.569. The third-order valence-electron chi connectivity index (χ3n) is 3.81. The van der Waals surface area contributed by atoms with Crippen LogP contribution in [0.2, 0.25) is 0 Å². The summed E-state index contributed by atoms with van der Waals surface area (Å²) in [6.45, 7) is 15.2. The zero-order chi connectivity index (χ0) is 17.7. The molecule has 0 saturated heterocycles. The van der Waals surface area contributed by atoms with Crippen LogP contribution in [0.4, 0.5) is 5.13 Å². The fourth-order valence-electron chi connectivity index (χ4n) is 2.20. The molecule has 0 aliphatic heterocycles. The topological polar surface area (TPSA) is 55.1 Å². The van der Waals surface area contributed by atoms with Crippen molar-refractivity contribution in [2.75, 3.05) is 5.32 Å². The highest BCUT2D eigenvalue weighted by atomic mass is 32.1. The van der Waals surface area contributed by atoms with Gasteiger partial charge in [-0.05, 0) is 6.92 Å². The number of fused-ring (bicyclic) bond motifs is 1. The smallest absolute Gasteiger partial charge is 0.214 e. The van der Waals surface area contributed by atoms with Gasteiger partial charge in [0.15, 0.2) is 0 Å². The number of thiazole rings is 1. The predicted molar refractivity (Wildman–Crippen MR) is 102 cm³/mol. The second kappa shape index (κ2) is 5.81. The summed E-state index contributed by atoms with van der Waals surface area (Å²) in [5.74, 6) is 0. The zero-order valence-electron chi connectivity index (χ0n) is 15.3. The number of anilines is 1. The van der Waals surface area contributed by atoms with Crippen LogP contribution in [0.3, 0.4) is 0 Å². The van der Waals surface area contributed by atoms with Crippen molar-refractivity contribution in [3.8, 4) is 0 Å². The Kier molecular flexibility index (Phi) is 4.20. The van der Waals surface area contributed by atoms with Gasteiger partial charge in [0.25, 0.3) is 0 Å². The minimum atomic E-state index is 0.0402. The van der Waals surface area contributed by atoms with Gasteiger partial charge in [0.2, 0.25) is 10.1 Å². The first-order valence-electron chi connectivity index (χ1n) is 8.13. The first-order valence-corrected chi connectivity index (χ1v) is 9.83. The molecule has 0 radical (unpaired) electrons. The van der Waals surface area contributed by atoms with Gasteiger partial charge in [0, 0.05) is 16.2 Å². The summed E-state index contributed by atoms with van der Waals surface area (Å²) in [6.07, 6.45) is 2.02. The van der Waals surface area contributed by atoms with Gasteiger partial charge < -0.3 is 5.32 Å². The summed E-state index contributed by atoms with van der Waals surface area (Å²) < 4.78 is 1.86. The molecular formula is C17H25N5S2. The Labute approximate surface area is 151 Å². The van der Waals surface area contributed by atoms with Crippen molar-refractivity contribution < 1.29 is 0 Å². The number of aromatic nitrogens is 4. The number of hydrogen-bond acceptors (Lipinski definition) is 6. The average molecular weight is 364 g/mol. The summed E-state index contributed by atoms with van der Waals surface area (Å²) >= 11 is 3.28. The predicted octanol–water partition coefficient (Wildman–Crippen LogP) is 5.02. The molecule has 0 aromatic carbocycles. The lowest BCUT2D eigenvalue weighted by Gasteiger charge is -2.15. The van der Waals surface area contributed by atoms with Gasteiger partial charge in [-0.3, -0.25) is 0 Å². The summed E-state index contributed by atoms with van der Waals surface area (Å²) in [4.78, 5) is 10.4. The van der Waals surface area contributed by atoms with E-state index in [9.17, 15) is 0 Å². The van der Waals surface area contributed by atoms with Crippen LogP contribution >= 0.6 is 22.7 Å². The van der Waals surface area contributed by atoms with E-state index in [0.717, 1.165) is 26.5 Å². The van der Waals surface area contributed by atoms with Crippen LogP contribution in [0.25, 0.3) is 4.96 Å². The summed E-state index contributed by atoms with van der Waals surface area (Å²) in [6, 6.07) is 0.129. The second-order valence-corrected chi connectivity index (χ2v) is 10.0. The van der Waals surface area contributed by atoms with Crippen molar-refractivity contribution in [2.45, 2.75) is 65.3 Å². The molecule has 5 nitrogen and oxygen atoms in total. The Bertz CT molecular complexity index is 813. The molecule has 0 fully saturated rings. The van der Waals surface area contributed by atoms with Crippen molar-refractivity contribution in [3.05, 3.63) is 28.0 Å². The summed E-state index contributed by atoms with van der Waals surface area (Å²) in [5, 5.41) is 12.2. The molecule has 1 unspecified atom stereocenters. The molecule has 3 aromatic heterocycles. The van der Waals surface area contributed by atoms with E-state index < -0.39 is 0 Å². The van der Waals surface area contributed by atoms with Crippen LogP contribution in [0.5, 0.6) is 0 Å². The minimum absolute atomic E-state index is 0.0402. The molecule has 0 saturated carbocycles. The molecule has 130 valence electrons. The number of rotatable bonds is 3. The van der Waals surface area contributed by atoms with Gasteiger partial charge in [-0.2, -0.15) is 0 Å². The normalized spacial score (nSPS) is 14.3. The molecule has 3 rings (SSSR count). The van der Waals surface area contributed by atoms with E-state index in [2.05, 4.69) is 69.2 Å². The molecule has 24 heavy (non-hydrogen) atoms. The van der Waals surface area contributed by atoms with Crippen LogP contribution in [0.1, 0.15) is 70.9 Å². The molecule has 7 heteroatoms. The average Bonchev–Trinajstić information content (AvgIpc) is 3.09. The van der Waals surface area contributed by atoms with Gasteiger partial charge in [0.05, 0.1) is 23.6 Å². The number of nitrogens with one attached hydrogen (secondary N) is 1. The maximum Gasteiger partial charge on any atom is 0.214 e. The van der Waals surface area contributed by atoms with Crippen LogP contribution in [0, 0.1) is 0 Å². The molecule has 3 heterocycles. The van der Waals surface area contributed by atoms with Gasteiger partial charge >= 0.3 is 0 Å². The van der Waals surface area contributed by atoms with Gasteiger partial charge in [0.1, 0.15) is 5.01 Å². The third kappa shape index (κ3) is 3.47. The standard InChI is InChI=1S/C17H25N5S2/c1-10(13-19-12(9-23-13)17(5,6)7)18-14-21-22-8-11(16(2,3)4)20-15(22)24-14/h8-10H,1-7H3,(H,18,21). The largest absolute Gasteiger partial charge is 0.351 e. The highest BCUT2D eigenvalue weighted by Crippen LogP contribution is 2.30. The zero-order valence-corrected chi connectivity index (χ0v) is 17.0. The minimum Gasteiger partial charge on any atom is -0.351 e. The molecule has 0 amide bonds. The van der Waals surface area contributed by atoms with Crippen LogP contribution < -0.4 is 5.32 Å². The van der Waals surface area contributed by atoms with Crippen LogP contribution in [-0.2, 0) is 10.8 Å². The Morgan fingerprint density at radius 2 is 1.71 bits per heavy atom. The fraction of sp³-hybridized carbons (Fsp3) is 0.588. The first kappa shape index (κ1) is 17.4. The summed E-state index contributed by atoms with van der Waals surface area (Å²) in [7, 11) is 0. The Morgan fingerprint density at radius 3 is 2.25 bits per heavy atom. The lowest BCUT2D eigenvalue weighted by Crippen LogP contribution is -2.13. The van der Waals surface area contributed by atoms with E-state index in [-0.39, 0.29) is 16.9 Å². The highest BCUT2D eigenvalue weighted by molar-refractivity contribution is 7.20. The van der Waals surface area contributed by atoms with E-state index in [1.807, 2.05) is 10.7 Å². The molecule has 0 spiro atoms. The summed E-state index contributed by atoms with van der Waals surface area (Å²) in [5.41, 5.74) is 2.33. The van der Waals surface area contributed by atoms with Gasteiger partial charge in [-0.1, -0.05) is 52.9 Å². The molecule has 0 aliphatic rings. The van der Waals surface area contributed by atoms with E-state index in [0.29, 0.717) is 0 Å². The SMILES string of the molecule is CC(Nc1nn2cc(C(C)(C)C)nc2s1)c1nc(C(C)(C)C)cs1. The van der Waals surface area contributed by atoms with E-state index in [4.69, 9.17) is 4.98 Å². The molecule has 1 N–H and O–H groups in total.